The molecular formula is C19H20N2O4. The average molecular weight is 340 g/mol. The second kappa shape index (κ2) is 5.95. The van der Waals surface area contributed by atoms with Crippen LogP contribution in [0.1, 0.15) is 48.9 Å². The van der Waals surface area contributed by atoms with Crippen LogP contribution in [0.5, 0.6) is 11.5 Å². The van der Waals surface area contributed by atoms with Gasteiger partial charge in [0, 0.05) is 23.6 Å². The van der Waals surface area contributed by atoms with Gasteiger partial charge in [-0.3, -0.25) is 4.79 Å². The highest BCUT2D eigenvalue weighted by Crippen LogP contribution is 2.47. The summed E-state index contributed by atoms with van der Waals surface area (Å²) in [6.07, 6.45) is 2.19. The molecule has 4 rings (SSSR count). The molecule has 2 aliphatic rings. The van der Waals surface area contributed by atoms with Crippen molar-refractivity contribution in [3.63, 3.8) is 0 Å². The molecule has 0 saturated heterocycles. The second-order valence-corrected chi connectivity index (χ2v) is 6.40. The van der Waals surface area contributed by atoms with Crippen molar-refractivity contribution in [2.75, 3.05) is 11.9 Å². The van der Waals surface area contributed by atoms with E-state index in [1.54, 1.807) is 12.1 Å². The largest absolute Gasteiger partial charge is 0.504 e. The highest BCUT2D eigenvalue weighted by atomic mass is 16.5. The summed E-state index contributed by atoms with van der Waals surface area (Å²) in [5, 5.41) is 17.3. The Hall–Kier alpha value is -2.76. The minimum absolute atomic E-state index is 0.0889. The van der Waals surface area contributed by atoms with Gasteiger partial charge in [0.05, 0.1) is 17.9 Å². The molecule has 1 aliphatic carbocycles. The van der Waals surface area contributed by atoms with Crippen LogP contribution in [0.2, 0.25) is 0 Å². The van der Waals surface area contributed by atoms with Crippen molar-refractivity contribution in [1.82, 2.24) is 5.16 Å². The first kappa shape index (κ1) is 15.7. The Morgan fingerprint density at radius 3 is 3.04 bits per heavy atom. The quantitative estimate of drug-likeness (QED) is 0.887. The maximum atomic E-state index is 12.7. The van der Waals surface area contributed by atoms with Gasteiger partial charge in [0.15, 0.2) is 17.3 Å². The van der Waals surface area contributed by atoms with E-state index in [-0.39, 0.29) is 17.5 Å². The van der Waals surface area contributed by atoms with E-state index in [0.29, 0.717) is 24.7 Å². The number of Topliss-reactive ketones (excluding diaryl/α,β-unsaturated/α-hetero) is 1. The summed E-state index contributed by atoms with van der Waals surface area (Å²) in [6.45, 7) is 4.19. The topological polar surface area (TPSA) is 84.6 Å². The molecule has 0 radical (unpaired) electrons. The Bertz CT molecular complexity index is 882. The zero-order valence-electron chi connectivity index (χ0n) is 14.3. The third-order valence-corrected chi connectivity index (χ3v) is 4.82. The van der Waals surface area contributed by atoms with Gasteiger partial charge >= 0.3 is 0 Å². The van der Waals surface area contributed by atoms with Gasteiger partial charge in [-0.05, 0) is 44.4 Å². The van der Waals surface area contributed by atoms with E-state index in [4.69, 9.17) is 9.26 Å². The van der Waals surface area contributed by atoms with E-state index in [1.807, 2.05) is 19.9 Å². The van der Waals surface area contributed by atoms with Crippen molar-refractivity contribution < 1.29 is 19.2 Å². The van der Waals surface area contributed by atoms with Gasteiger partial charge in [0.2, 0.25) is 5.88 Å². The number of ether oxygens (including phenoxy) is 1. The van der Waals surface area contributed by atoms with Crippen LogP contribution < -0.4 is 10.1 Å². The molecule has 1 aromatic heterocycles. The van der Waals surface area contributed by atoms with Gasteiger partial charge in [0.25, 0.3) is 0 Å². The number of allylic oxidation sites excluding steroid dienone is 2. The first-order chi connectivity index (χ1) is 12.1. The van der Waals surface area contributed by atoms with Crippen LogP contribution in [0.4, 0.5) is 5.88 Å². The molecule has 1 aromatic carbocycles. The Balaban J connectivity index is 1.91. The first-order valence-electron chi connectivity index (χ1n) is 8.55. The van der Waals surface area contributed by atoms with Crippen LogP contribution in [-0.4, -0.2) is 22.7 Å². The van der Waals surface area contributed by atoms with Gasteiger partial charge in [0.1, 0.15) is 0 Å². The molecule has 1 unspecified atom stereocenters. The molecule has 6 nitrogen and oxygen atoms in total. The molecule has 6 heteroatoms. The van der Waals surface area contributed by atoms with Gasteiger partial charge in [-0.2, -0.15) is 0 Å². The SMILES string of the molecule is CCOc1cc(C2C3=C(CCCC3=O)Nc3onc(C)c32)ccc1O. The van der Waals surface area contributed by atoms with E-state index in [2.05, 4.69) is 10.5 Å². The Kier molecular flexibility index (Phi) is 3.75. The fourth-order valence-corrected chi connectivity index (χ4v) is 3.73. The van der Waals surface area contributed by atoms with Crippen LogP contribution in [0.25, 0.3) is 0 Å². The number of phenols is 1. The Labute approximate surface area is 145 Å². The molecule has 0 amide bonds. The van der Waals surface area contributed by atoms with E-state index >= 15 is 0 Å². The predicted molar refractivity (Wildman–Crippen MR) is 91.9 cm³/mol. The maximum absolute atomic E-state index is 12.7. The van der Waals surface area contributed by atoms with E-state index in [1.165, 1.54) is 0 Å². The molecule has 0 bridgehead atoms. The van der Waals surface area contributed by atoms with Crippen molar-refractivity contribution in [2.45, 2.75) is 39.0 Å². The molecule has 2 aromatic rings. The highest BCUT2D eigenvalue weighted by Gasteiger charge is 2.38. The smallest absolute Gasteiger partial charge is 0.233 e. The van der Waals surface area contributed by atoms with Gasteiger partial charge < -0.3 is 19.7 Å². The summed E-state index contributed by atoms with van der Waals surface area (Å²) >= 11 is 0. The molecule has 1 aliphatic heterocycles. The number of carbonyl (C=O) groups is 1. The number of carbonyl (C=O) groups excluding carboxylic acids is 1. The van der Waals surface area contributed by atoms with Crippen LogP contribution in [0.15, 0.2) is 34.0 Å². The van der Waals surface area contributed by atoms with Gasteiger partial charge in [-0.25, -0.2) is 0 Å². The summed E-state index contributed by atoms with van der Waals surface area (Å²) in [5.41, 5.74) is 4.21. The van der Waals surface area contributed by atoms with Crippen molar-refractivity contribution in [3.05, 3.63) is 46.3 Å². The number of ketones is 1. The molecule has 0 saturated carbocycles. The van der Waals surface area contributed by atoms with E-state index in [0.717, 1.165) is 40.9 Å². The lowest BCUT2D eigenvalue weighted by Crippen LogP contribution is -2.26. The molecular weight excluding hydrogens is 320 g/mol. The summed E-state index contributed by atoms with van der Waals surface area (Å²) in [4.78, 5) is 12.7. The zero-order valence-corrected chi connectivity index (χ0v) is 14.3. The van der Waals surface area contributed by atoms with Crippen molar-refractivity contribution in [1.29, 1.82) is 0 Å². The number of benzene rings is 1. The number of hydrogen-bond acceptors (Lipinski definition) is 6. The number of nitrogens with zero attached hydrogens (tertiary/aromatic N) is 1. The van der Waals surface area contributed by atoms with E-state index < -0.39 is 0 Å². The van der Waals surface area contributed by atoms with E-state index in [9.17, 15) is 9.90 Å². The molecule has 2 heterocycles. The monoisotopic (exact) mass is 340 g/mol. The van der Waals surface area contributed by atoms with Crippen LogP contribution in [0, 0.1) is 6.92 Å². The number of phenolic OH excluding ortho intramolecular Hbond substituents is 1. The number of aromatic hydroxyl groups is 1. The molecule has 0 spiro atoms. The normalized spacial score (nSPS) is 19.3. The zero-order chi connectivity index (χ0) is 17.6. The number of fused-ring (bicyclic) bond motifs is 1. The van der Waals surface area contributed by atoms with Crippen LogP contribution >= 0.6 is 0 Å². The van der Waals surface area contributed by atoms with Crippen molar-refractivity contribution >= 4 is 11.7 Å². The Morgan fingerprint density at radius 1 is 1.40 bits per heavy atom. The van der Waals surface area contributed by atoms with Crippen LogP contribution in [-0.2, 0) is 4.79 Å². The van der Waals surface area contributed by atoms with Crippen molar-refractivity contribution in [2.24, 2.45) is 0 Å². The molecule has 130 valence electrons. The Morgan fingerprint density at radius 2 is 2.24 bits per heavy atom. The number of hydrogen-bond donors (Lipinski definition) is 2. The van der Waals surface area contributed by atoms with Gasteiger partial charge in [-0.15, -0.1) is 0 Å². The number of rotatable bonds is 3. The lowest BCUT2D eigenvalue weighted by molar-refractivity contribution is -0.116. The number of aryl methyl sites for hydroxylation is 1. The maximum Gasteiger partial charge on any atom is 0.233 e. The lowest BCUT2D eigenvalue weighted by atomic mass is 9.76. The summed E-state index contributed by atoms with van der Waals surface area (Å²) in [7, 11) is 0. The molecule has 25 heavy (non-hydrogen) atoms. The number of nitrogens with one attached hydrogen (secondary N) is 1. The third-order valence-electron chi connectivity index (χ3n) is 4.82. The molecule has 2 N–H and O–H groups in total. The second-order valence-electron chi connectivity index (χ2n) is 6.40. The molecule has 1 atom stereocenters. The third kappa shape index (κ3) is 2.49. The van der Waals surface area contributed by atoms with Crippen molar-refractivity contribution in [3.8, 4) is 11.5 Å². The highest BCUT2D eigenvalue weighted by molar-refractivity contribution is 6.01. The average Bonchev–Trinajstić information content (AvgIpc) is 2.96. The summed E-state index contributed by atoms with van der Waals surface area (Å²) in [6, 6.07) is 5.24. The number of aromatic nitrogens is 1. The van der Waals surface area contributed by atoms with Crippen LogP contribution in [0.3, 0.4) is 0 Å². The number of anilines is 1. The molecule has 0 fully saturated rings. The summed E-state index contributed by atoms with van der Waals surface area (Å²) < 4.78 is 11.0. The first-order valence-corrected chi connectivity index (χ1v) is 8.55. The van der Waals surface area contributed by atoms with Gasteiger partial charge in [-0.1, -0.05) is 11.2 Å². The summed E-state index contributed by atoms with van der Waals surface area (Å²) in [5.74, 6) is 0.994. The predicted octanol–water partition coefficient (Wildman–Crippen LogP) is 3.65. The minimum atomic E-state index is -0.259. The lowest BCUT2D eigenvalue weighted by Gasteiger charge is -2.31. The fraction of sp³-hybridized carbons (Fsp3) is 0.368. The minimum Gasteiger partial charge on any atom is -0.504 e. The fourth-order valence-electron chi connectivity index (χ4n) is 3.73. The standard InChI is InChI=1S/C19H20N2O4/c1-3-24-15-9-11(7-8-13(15)22)17-16-10(2)21-25-19(16)20-12-5-4-6-14(23)18(12)17/h7-9,17,20,22H,3-6H2,1-2H3.